The van der Waals surface area contributed by atoms with Gasteiger partial charge < -0.3 is 9.47 Å². The number of non-ortho nitro benzene ring substituents is 1. The van der Waals surface area contributed by atoms with Gasteiger partial charge in [-0.3, -0.25) is 35.1 Å². The fourth-order valence-corrected chi connectivity index (χ4v) is 4.65. The van der Waals surface area contributed by atoms with E-state index in [4.69, 9.17) is 21.1 Å². The standard InChI is InChI=1S/C25H16ClIN4O9/c1-12-3-4-14(26)10-18(12)29-24(33)16(23(32)28-25(29)34)7-13-8-17(27)22(21(9-13)39-2)40-20-6-5-15(30(35)36)11-19(20)31(37)38/h3-11H,1-2H3,(H,28,32,34)/b16-7+. The first-order valence-corrected chi connectivity index (χ1v) is 12.5. The summed E-state index contributed by atoms with van der Waals surface area (Å²) >= 11 is 7.91. The van der Waals surface area contributed by atoms with Crippen LogP contribution in [-0.4, -0.2) is 34.8 Å². The van der Waals surface area contributed by atoms with Crippen molar-refractivity contribution in [2.45, 2.75) is 6.92 Å². The molecule has 0 spiro atoms. The Balaban J connectivity index is 1.74. The first-order valence-electron chi connectivity index (χ1n) is 11.1. The first-order chi connectivity index (χ1) is 18.9. The minimum Gasteiger partial charge on any atom is -0.493 e. The van der Waals surface area contributed by atoms with Crippen LogP contribution < -0.4 is 19.7 Å². The summed E-state index contributed by atoms with van der Waals surface area (Å²) in [7, 11) is 1.31. The fourth-order valence-electron chi connectivity index (χ4n) is 3.75. The zero-order valence-corrected chi connectivity index (χ0v) is 23.4. The van der Waals surface area contributed by atoms with Crippen LogP contribution in [0.3, 0.4) is 0 Å². The lowest BCUT2D eigenvalue weighted by molar-refractivity contribution is -0.394. The lowest BCUT2D eigenvalue weighted by Crippen LogP contribution is -2.54. The summed E-state index contributed by atoms with van der Waals surface area (Å²) in [5, 5.41) is 25.0. The number of benzene rings is 3. The van der Waals surface area contributed by atoms with Gasteiger partial charge in [-0.05, 0) is 77.0 Å². The molecule has 15 heteroatoms. The van der Waals surface area contributed by atoms with E-state index in [9.17, 15) is 34.6 Å². The van der Waals surface area contributed by atoms with E-state index in [0.29, 0.717) is 14.7 Å². The number of methoxy groups -OCH3 is 1. The van der Waals surface area contributed by atoms with Gasteiger partial charge in [-0.2, -0.15) is 0 Å². The summed E-state index contributed by atoms with van der Waals surface area (Å²) in [6.45, 7) is 1.67. The Kier molecular flexibility index (Phi) is 8.01. The predicted octanol–water partition coefficient (Wildman–Crippen LogP) is 5.54. The molecule has 0 unspecified atom stereocenters. The van der Waals surface area contributed by atoms with Crippen molar-refractivity contribution in [2.75, 3.05) is 12.0 Å². The summed E-state index contributed by atoms with van der Waals surface area (Å²) in [6.07, 6.45) is 1.25. The normalized spacial score (nSPS) is 14.2. The number of hydrogen-bond donors (Lipinski definition) is 1. The van der Waals surface area contributed by atoms with Crippen LogP contribution >= 0.6 is 34.2 Å². The summed E-state index contributed by atoms with van der Waals surface area (Å²) in [5.74, 6) is -1.94. The SMILES string of the molecule is COc1cc(/C=C2\C(=O)NC(=O)N(c3cc(Cl)ccc3C)C2=O)cc(I)c1Oc1ccc([N+](=O)[O-])cc1[N+](=O)[O-]. The average molecular weight is 679 g/mol. The van der Waals surface area contributed by atoms with Gasteiger partial charge in [0.25, 0.3) is 17.5 Å². The van der Waals surface area contributed by atoms with Crippen LogP contribution in [0.15, 0.2) is 54.1 Å². The number of urea groups is 1. The van der Waals surface area contributed by atoms with Gasteiger partial charge in [0.2, 0.25) is 5.75 Å². The molecule has 3 aromatic rings. The number of rotatable bonds is 7. The van der Waals surface area contributed by atoms with Crippen LogP contribution in [0.4, 0.5) is 21.9 Å². The topological polar surface area (TPSA) is 171 Å². The molecule has 204 valence electrons. The number of barbiturate groups is 1. The molecule has 0 radical (unpaired) electrons. The van der Waals surface area contributed by atoms with Gasteiger partial charge in [0.05, 0.1) is 32.3 Å². The zero-order chi connectivity index (χ0) is 29.3. The maximum Gasteiger partial charge on any atom is 0.335 e. The highest BCUT2D eigenvalue weighted by atomic mass is 127. The van der Waals surface area contributed by atoms with E-state index in [1.807, 2.05) is 22.6 Å². The molecule has 0 saturated carbocycles. The van der Waals surface area contributed by atoms with Gasteiger partial charge in [-0.15, -0.1) is 0 Å². The zero-order valence-electron chi connectivity index (χ0n) is 20.5. The Hall–Kier alpha value is -4.57. The number of hydrogen-bond acceptors (Lipinski definition) is 9. The summed E-state index contributed by atoms with van der Waals surface area (Å²) in [6, 6.07) is 9.56. The Morgan fingerprint density at radius 3 is 2.38 bits per heavy atom. The maximum absolute atomic E-state index is 13.3. The van der Waals surface area contributed by atoms with E-state index >= 15 is 0 Å². The van der Waals surface area contributed by atoms with Crippen LogP contribution in [-0.2, 0) is 9.59 Å². The van der Waals surface area contributed by atoms with E-state index < -0.39 is 39.1 Å². The second-order valence-electron chi connectivity index (χ2n) is 8.19. The molecule has 1 heterocycles. The van der Waals surface area contributed by atoms with E-state index in [2.05, 4.69) is 5.32 Å². The van der Waals surface area contributed by atoms with Gasteiger partial charge in [-0.25, -0.2) is 9.69 Å². The predicted molar refractivity (Wildman–Crippen MR) is 151 cm³/mol. The number of nitro groups is 2. The Bertz CT molecular complexity index is 1660. The molecule has 13 nitrogen and oxygen atoms in total. The molecular formula is C25H16ClIN4O9. The molecule has 1 fully saturated rings. The molecule has 40 heavy (non-hydrogen) atoms. The number of nitrogens with one attached hydrogen (secondary N) is 1. The Labute approximate surface area is 243 Å². The van der Waals surface area contributed by atoms with Gasteiger partial charge in [0.15, 0.2) is 11.5 Å². The van der Waals surface area contributed by atoms with Gasteiger partial charge in [-0.1, -0.05) is 17.7 Å². The van der Waals surface area contributed by atoms with Crippen molar-refractivity contribution < 1.29 is 33.7 Å². The molecule has 0 bridgehead atoms. The smallest absolute Gasteiger partial charge is 0.335 e. The quantitative estimate of drug-likeness (QED) is 0.111. The van der Waals surface area contributed by atoms with Crippen molar-refractivity contribution in [3.63, 3.8) is 0 Å². The van der Waals surface area contributed by atoms with Crippen LogP contribution in [0, 0.1) is 30.7 Å². The lowest BCUT2D eigenvalue weighted by Gasteiger charge is -2.27. The number of amides is 4. The Morgan fingerprint density at radius 2 is 1.73 bits per heavy atom. The van der Waals surface area contributed by atoms with Crippen molar-refractivity contribution in [1.82, 2.24) is 5.32 Å². The Morgan fingerprint density at radius 1 is 1.00 bits per heavy atom. The number of ether oxygens (including phenoxy) is 2. The maximum atomic E-state index is 13.3. The molecular weight excluding hydrogens is 663 g/mol. The largest absolute Gasteiger partial charge is 0.493 e. The highest BCUT2D eigenvalue weighted by molar-refractivity contribution is 14.1. The number of nitrogens with zero attached hydrogens (tertiary/aromatic N) is 3. The highest BCUT2D eigenvalue weighted by Gasteiger charge is 2.37. The number of halogens is 2. The second kappa shape index (κ2) is 11.3. The van der Waals surface area contributed by atoms with Gasteiger partial charge in [0.1, 0.15) is 5.57 Å². The van der Waals surface area contributed by atoms with E-state index in [1.165, 1.54) is 31.4 Å². The van der Waals surface area contributed by atoms with Crippen molar-refractivity contribution >= 4 is 75.2 Å². The molecule has 0 atom stereocenters. The molecule has 0 aliphatic carbocycles. The van der Waals surface area contributed by atoms with Crippen molar-refractivity contribution in [3.05, 3.63) is 94.1 Å². The van der Waals surface area contributed by atoms with Crippen LogP contribution in [0.5, 0.6) is 17.2 Å². The summed E-state index contributed by atoms with van der Waals surface area (Å²) < 4.78 is 11.5. The molecule has 4 amide bonds. The number of carbonyl (C=O) groups is 3. The van der Waals surface area contributed by atoms with Crippen molar-refractivity contribution in [3.8, 4) is 17.2 Å². The van der Waals surface area contributed by atoms with E-state index in [0.717, 1.165) is 23.1 Å². The molecule has 1 aliphatic rings. The van der Waals surface area contributed by atoms with Crippen LogP contribution in [0.25, 0.3) is 6.08 Å². The average Bonchev–Trinajstić information content (AvgIpc) is 2.89. The molecule has 1 saturated heterocycles. The monoisotopic (exact) mass is 678 g/mol. The van der Waals surface area contributed by atoms with Gasteiger partial charge in [0, 0.05) is 11.1 Å². The number of imide groups is 2. The minimum atomic E-state index is -0.932. The first kappa shape index (κ1) is 28.4. The van der Waals surface area contributed by atoms with Gasteiger partial charge >= 0.3 is 11.7 Å². The number of carbonyl (C=O) groups excluding carboxylic acids is 3. The molecule has 1 aliphatic heterocycles. The number of anilines is 1. The third-order valence-corrected chi connectivity index (χ3v) is 6.67. The van der Waals surface area contributed by atoms with E-state index in [1.54, 1.807) is 19.1 Å². The second-order valence-corrected chi connectivity index (χ2v) is 9.79. The third-order valence-electron chi connectivity index (χ3n) is 5.64. The summed E-state index contributed by atoms with van der Waals surface area (Å²) in [4.78, 5) is 60.3. The van der Waals surface area contributed by atoms with Crippen LogP contribution in [0.2, 0.25) is 5.02 Å². The molecule has 1 N–H and O–H groups in total. The molecule has 4 rings (SSSR count). The number of nitro benzene ring substituents is 2. The minimum absolute atomic E-state index is 0.0491. The van der Waals surface area contributed by atoms with Crippen molar-refractivity contribution in [1.29, 1.82) is 0 Å². The highest BCUT2D eigenvalue weighted by Crippen LogP contribution is 2.41. The fraction of sp³-hybridized carbons (Fsp3) is 0.0800. The molecule has 3 aromatic carbocycles. The van der Waals surface area contributed by atoms with Crippen molar-refractivity contribution in [2.24, 2.45) is 0 Å². The third kappa shape index (κ3) is 5.57. The van der Waals surface area contributed by atoms with E-state index in [-0.39, 0.29) is 33.5 Å². The molecule has 0 aromatic heterocycles. The van der Waals surface area contributed by atoms with Crippen LogP contribution in [0.1, 0.15) is 11.1 Å². The number of aryl methyl sites for hydroxylation is 1. The lowest BCUT2D eigenvalue weighted by atomic mass is 10.1. The summed E-state index contributed by atoms with van der Waals surface area (Å²) in [5.41, 5.74) is -0.394.